The molecular formula is C16H8Cl2N2O. The Morgan fingerprint density at radius 3 is 2.62 bits per heavy atom. The summed E-state index contributed by atoms with van der Waals surface area (Å²) >= 11 is 12.2. The summed E-state index contributed by atoms with van der Waals surface area (Å²) in [7, 11) is 0. The number of aromatic nitrogens is 1. The number of rotatable bonds is 1. The second kappa shape index (κ2) is 5.25. The first-order valence-corrected chi connectivity index (χ1v) is 6.87. The summed E-state index contributed by atoms with van der Waals surface area (Å²) in [6.45, 7) is 0. The van der Waals surface area contributed by atoms with Gasteiger partial charge in [-0.15, -0.1) is 0 Å². The number of fused-ring (bicyclic) bond motifs is 1. The quantitative estimate of drug-likeness (QED) is 0.676. The third kappa shape index (κ3) is 2.29. The summed E-state index contributed by atoms with van der Waals surface area (Å²) in [4.78, 5) is 11.9. The fourth-order valence-corrected chi connectivity index (χ4v) is 2.88. The monoisotopic (exact) mass is 314 g/mol. The SMILES string of the molecule is N#Cc1cc(Cl)cc(Cl)c1-n1ccc(=O)c2ccccc21. The molecule has 0 unspecified atom stereocenters. The lowest BCUT2D eigenvalue weighted by molar-refractivity contribution is 1.09. The number of nitrogens with zero attached hydrogens (tertiary/aromatic N) is 2. The Hall–Kier alpha value is -2.28. The van der Waals surface area contributed by atoms with Crippen molar-refractivity contribution >= 4 is 34.1 Å². The van der Waals surface area contributed by atoms with E-state index in [-0.39, 0.29) is 5.43 Å². The van der Waals surface area contributed by atoms with Crippen LogP contribution in [0, 0.1) is 11.3 Å². The van der Waals surface area contributed by atoms with Gasteiger partial charge in [-0.3, -0.25) is 4.79 Å². The van der Waals surface area contributed by atoms with Crippen LogP contribution in [-0.2, 0) is 0 Å². The van der Waals surface area contributed by atoms with E-state index in [0.717, 1.165) is 0 Å². The Bertz CT molecular complexity index is 955. The molecule has 0 amide bonds. The van der Waals surface area contributed by atoms with Gasteiger partial charge in [-0.2, -0.15) is 5.26 Å². The molecule has 3 rings (SSSR count). The van der Waals surface area contributed by atoms with Crippen LogP contribution < -0.4 is 5.43 Å². The average molecular weight is 315 g/mol. The molecule has 2 aromatic carbocycles. The molecule has 0 bridgehead atoms. The first-order valence-electron chi connectivity index (χ1n) is 6.12. The minimum absolute atomic E-state index is 0.0783. The van der Waals surface area contributed by atoms with Gasteiger partial charge in [0.25, 0.3) is 0 Å². The molecule has 0 atom stereocenters. The molecule has 0 spiro atoms. The van der Waals surface area contributed by atoms with Crippen LogP contribution >= 0.6 is 23.2 Å². The summed E-state index contributed by atoms with van der Waals surface area (Å²) in [6.07, 6.45) is 1.61. The molecule has 0 N–H and O–H groups in total. The predicted octanol–water partition coefficient (Wildman–Crippen LogP) is 4.17. The topological polar surface area (TPSA) is 45.8 Å². The second-order valence-corrected chi connectivity index (χ2v) is 5.31. The molecule has 3 nitrogen and oxygen atoms in total. The minimum atomic E-state index is -0.0783. The Labute approximate surface area is 130 Å². The van der Waals surface area contributed by atoms with Crippen LogP contribution in [0.15, 0.2) is 53.5 Å². The maximum absolute atomic E-state index is 11.9. The molecule has 0 aliphatic rings. The first kappa shape index (κ1) is 13.7. The van der Waals surface area contributed by atoms with Gasteiger partial charge in [0.2, 0.25) is 0 Å². The number of nitriles is 1. The second-order valence-electron chi connectivity index (χ2n) is 4.46. The summed E-state index contributed by atoms with van der Waals surface area (Å²) in [5.74, 6) is 0. The van der Waals surface area contributed by atoms with Gasteiger partial charge in [-0.25, -0.2) is 0 Å². The summed E-state index contributed by atoms with van der Waals surface area (Å²) in [6, 6.07) is 13.8. The van der Waals surface area contributed by atoms with Crippen molar-refractivity contribution in [1.82, 2.24) is 4.57 Å². The van der Waals surface area contributed by atoms with Crippen LogP contribution in [-0.4, -0.2) is 4.57 Å². The van der Waals surface area contributed by atoms with Gasteiger partial charge >= 0.3 is 0 Å². The molecule has 0 aliphatic heterocycles. The Kier molecular flexibility index (Phi) is 3.42. The Balaban J connectivity index is 2.46. The molecule has 1 aromatic heterocycles. The van der Waals surface area contributed by atoms with Crippen molar-refractivity contribution in [1.29, 1.82) is 5.26 Å². The number of hydrogen-bond acceptors (Lipinski definition) is 2. The van der Waals surface area contributed by atoms with Gasteiger partial charge in [0, 0.05) is 22.7 Å². The third-order valence-corrected chi connectivity index (χ3v) is 3.70. The van der Waals surface area contributed by atoms with Crippen LogP contribution in [0.3, 0.4) is 0 Å². The van der Waals surface area contributed by atoms with Gasteiger partial charge in [0.05, 0.1) is 21.8 Å². The fourth-order valence-electron chi connectivity index (χ4n) is 2.30. The molecule has 0 radical (unpaired) electrons. The molecule has 3 aromatic rings. The zero-order chi connectivity index (χ0) is 15.0. The number of benzene rings is 2. The number of halogens is 2. The van der Waals surface area contributed by atoms with Gasteiger partial charge in [-0.05, 0) is 24.3 Å². The van der Waals surface area contributed by atoms with Crippen LogP contribution in [0.1, 0.15) is 5.56 Å². The largest absolute Gasteiger partial charge is 0.314 e. The zero-order valence-electron chi connectivity index (χ0n) is 10.7. The van der Waals surface area contributed by atoms with Crippen LogP contribution in [0.2, 0.25) is 10.0 Å². The molecule has 0 saturated heterocycles. The fraction of sp³-hybridized carbons (Fsp3) is 0. The van der Waals surface area contributed by atoms with Gasteiger partial charge in [0.15, 0.2) is 5.43 Å². The van der Waals surface area contributed by atoms with E-state index in [4.69, 9.17) is 23.2 Å². The predicted molar refractivity (Wildman–Crippen MR) is 84.3 cm³/mol. The van der Waals surface area contributed by atoms with Crippen molar-refractivity contribution in [3.05, 3.63) is 74.5 Å². The van der Waals surface area contributed by atoms with E-state index in [9.17, 15) is 10.1 Å². The van der Waals surface area contributed by atoms with E-state index in [2.05, 4.69) is 6.07 Å². The van der Waals surface area contributed by atoms with E-state index in [1.54, 1.807) is 35.0 Å². The van der Waals surface area contributed by atoms with Crippen molar-refractivity contribution in [3.8, 4) is 11.8 Å². The molecule has 0 saturated carbocycles. The maximum Gasteiger partial charge on any atom is 0.189 e. The number of hydrogen-bond donors (Lipinski definition) is 0. The van der Waals surface area contributed by atoms with Crippen molar-refractivity contribution in [2.45, 2.75) is 0 Å². The van der Waals surface area contributed by atoms with Gasteiger partial charge in [-0.1, -0.05) is 35.3 Å². The lowest BCUT2D eigenvalue weighted by atomic mass is 10.1. The number of pyridine rings is 1. The Morgan fingerprint density at radius 2 is 1.86 bits per heavy atom. The van der Waals surface area contributed by atoms with Crippen molar-refractivity contribution in [2.24, 2.45) is 0 Å². The van der Waals surface area contributed by atoms with E-state index in [1.807, 2.05) is 12.1 Å². The van der Waals surface area contributed by atoms with Crippen LogP contribution in [0.4, 0.5) is 0 Å². The molecule has 0 aliphatic carbocycles. The molecule has 21 heavy (non-hydrogen) atoms. The van der Waals surface area contributed by atoms with Crippen LogP contribution in [0.25, 0.3) is 16.6 Å². The lowest BCUT2D eigenvalue weighted by Gasteiger charge is -2.14. The lowest BCUT2D eigenvalue weighted by Crippen LogP contribution is -2.08. The van der Waals surface area contributed by atoms with E-state index < -0.39 is 0 Å². The molecule has 0 fully saturated rings. The maximum atomic E-state index is 11.9. The van der Waals surface area contributed by atoms with Gasteiger partial charge < -0.3 is 4.57 Å². The standard InChI is InChI=1S/C16H8Cl2N2O/c17-11-7-10(9-19)16(13(18)8-11)20-6-5-15(21)12-3-1-2-4-14(12)20/h1-8H. The first-order chi connectivity index (χ1) is 10.1. The average Bonchev–Trinajstić information content (AvgIpc) is 2.48. The summed E-state index contributed by atoms with van der Waals surface area (Å²) in [5, 5.41) is 10.6. The molecule has 5 heteroatoms. The number of para-hydroxylation sites is 1. The minimum Gasteiger partial charge on any atom is -0.314 e. The van der Waals surface area contributed by atoms with E-state index >= 15 is 0 Å². The van der Waals surface area contributed by atoms with Crippen LogP contribution in [0.5, 0.6) is 0 Å². The van der Waals surface area contributed by atoms with E-state index in [0.29, 0.717) is 32.2 Å². The van der Waals surface area contributed by atoms with Crippen molar-refractivity contribution < 1.29 is 0 Å². The summed E-state index contributed by atoms with van der Waals surface area (Å²) < 4.78 is 1.73. The molecule has 102 valence electrons. The molecular weight excluding hydrogens is 307 g/mol. The smallest absolute Gasteiger partial charge is 0.189 e. The highest BCUT2D eigenvalue weighted by molar-refractivity contribution is 6.36. The highest BCUT2D eigenvalue weighted by Gasteiger charge is 2.13. The Morgan fingerprint density at radius 1 is 1.10 bits per heavy atom. The highest BCUT2D eigenvalue weighted by Crippen LogP contribution is 2.30. The normalized spacial score (nSPS) is 10.5. The molecule has 1 heterocycles. The highest BCUT2D eigenvalue weighted by atomic mass is 35.5. The van der Waals surface area contributed by atoms with Crippen molar-refractivity contribution in [3.63, 3.8) is 0 Å². The van der Waals surface area contributed by atoms with E-state index in [1.165, 1.54) is 6.07 Å². The zero-order valence-corrected chi connectivity index (χ0v) is 12.2. The summed E-state index contributed by atoms with van der Waals surface area (Å²) in [5.41, 5.74) is 1.47. The van der Waals surface area contributed by atoms with Crippen molar-refractivity contribution in [2.75, 3.05) is 0 Å². The van der Waals surface area contributed by atoms with Gasteiger partial charge in [0.1, 0.15) is 6.07 Å². The third-order valence-electron chi connectivity index (χ3n) is 3.19.